The van der Waals surface area contributed by atoms with Crippen LogP contribution in [-0.4, -0.2) is 20.2 Å². The van der Waals surface area contributed by atoms with Gasteiger partial charge < -0.3 is 11.5 Å². The zero-order valence-electron chi connectivity index (χ0n) is 15.6. The van der Waals surface area contributed by atoms with Gasteiger partial charge in [-0.1, -0.05) is 12.1 Å². The fourth-order valence-corrected chi connectivity index (χ4v) is 3.93. The first-order valence-electron chi connectivity index (χ1n) is 9.76. The molecule has 0 spiro atoms. The van der Waals surface area contributed by atoms with E-state index in [9.17, 15) is 4.79 Å². The third-order valence-corrected chi connectivity index (χ3v) is 5.54. The summed E-state index contributed by atoms with van der Waals surface area (Å²) in [6.45, 7) is 0. The van der Waals surface area contributed by atoms with Crippen LogP contribution in [0.1, 0.15) is 36.9 Å². The quantitative estimate of drug-likeness (QED) is 0.415. The predicted octanol–water partition coefficient (Wildman–Crippen LogP) is 2.36. The molecule has 1 fully saturated rings. The molecular weight excluding hydrogens is 352 g/mol. The number of nitrogens with two attached hydrogens (primary N) is 2. The van der Waals surface area contributed by atoms with E-state index in [1.807, 2.05) is 24.3 Å². The maximum absolute atomic E-state index is 13.1. The van der Waals surface area contributed by atoms with Gasteiger partial charge in [-0.25, -0.2) is 14.4 Å². The van der Waals surface area contributed by atoms with E-state index in [2.05, 4.69) is 15.0 Å². The molecule has 1 aromatic carbocycles. The average molecular weight is 374 g/mol. The number of allylic oxidation sites excluding steroid dienone is 1. The fourth-order valence-electron chi connectivity index (χ4n) is 3.93. The van der Waals surface area contributed by atoms with Crippen molar-refractivity contribution in [2.75, 3.05) is 0 Å². The summed E-state index contributed by atoms with van der Waals surface area (Å²) in [5.41, 5.74) is 15.5. The minimum Gasteiger partial charge on any atom is -0.402 e. The van der Waals surface area contributed by atoms with E-state index in [0.717, 1.165) is 55.5 Å². The second kappa shape index (κ2) is 6.44. The highest BCUT2D eigenvalue weighted by Gasteiger charge is 2.24. The van der Waals surface area contributed by atoms with Crippen LogP contribution in [0.5, 0.6) is 0 Å². The zero-order chi connectivity index (χ0) is 19.3. The molecule has 1 saturated carbocycles. The third-order valence-electron chi connectivity index (χ3n) is 5.54. The maximum Gasteiger partial charge on any atom is 0.267 e. The molecule has 28 heavy (non-hydrogen) atoms. The van der Waals surface area contributed by atoms with Crippen molar-refractivity contribution in [2.45, 2.75) is 38.5 Å². The standard InChI is InChI=1S/C21H22N6O/c22-15(12-9-10-12)11-18(23)25-19-14-6-2-4-8-17(14)27-20(28)13-5-1-3-7-16(13)24-21(27)26-19/h1,3,5,7,11-12H,2,4,6,8-10,22H2,(H2,23,24,25,26). The Kier molecular flexibility index (Phi) is 3.89. The Hall–Kier alpha value is -3.22. The predicted molar refractivity (Wildman–Crippen MR) is 110 cm³/mol. The van der Waals surface area contributed by atoms with Crippen LogP contribution in [0, 0.1) is 5.92 Å². The van der Waals surface area contributed by atoms with Crippen LogP contribution >= 0.6 is 0 Å². The normalized spacial score (nSPS) is 17.9. The number of hydrogen-bond donors (Lipinski definition) is 2. The molecule has 2 aliphatic carbocycles. The number of hydrogen-bond acceptors (Lipinski definition) is 5. The summed E-state index contributed by atoms with van der Waals surface area (Å²) in [5, 5.41) is 0.602. The number of rotatable bonds is 3. The third kappa shape index (κ3) is 2.83. The van der Waals surface area contributed by atoms with Crippen molar-refractivity contribution in [1.82, 2.24) is 14.4 Å². The molecule has 2 aromatic heterocycles. The Morgan fingerprint density at radius 2 is 1.93 bits per heavy atom. The van der Waals surface area contributed by atoms with Crippen molar-refractivity contribution in [3.63, 3.8) is 0 Å². The summed E-state index contributed by atoms with van der Waals surface area (Å²) in [7, 11) is 0. The molecule has 0 saturated heterocycles. The molecule has 0 unspecified atom stereocenters. The van der Waals surface area contributed by atoms with Gasteiger partial charge in [0.15, 0.2) is 5.82 Å². The zero-order valence-corrected chi connectivity index (χ0v) is 15.6. The van der Waals surface area contributed by atoms with Crippen LogP contribution in [0.25, 0.3) is 16.7 Å². The first kappa shape index (κ1) is 16.9. The van der Waals surface area contributed by atoms with Gasteiger partial charge >= 0.3 is 0 Å². The smallest absolute Gasteiger partial charge is 0.267 e. The first-order valence-corrected chi connectivity index (χ1v) is 9.76. The molecule has 5 rings (SSSR count). The number of benzene rings is 1. The fraction of sp³-hybridized carbons (Fsp3) is 0.333. The molecule has 3 aromatic rings. The van der Waals surface area contributed by atoms with Gasteiger partial charge in [-0.05, 0) is 62.7 Å². The lowest BCUT2D eigenvalue weighted by Crippen LogP contribution is -2.23. The van der Waals surface area contributed by atoms with Crippen LogP contribution in [-0.2, 0) is 12.8 Å². The van der Waals surface area contributed by atoms with E-state index in [-0.39, 0.29) is 5.56 Å². The Morgan fingerprint density at radius 1 is 1.14 bits per heavy atom. The van der Waals surface area contributed by atoms with Gasteiger partial charge in [0, 0.05) is 17.0 Å². The van der Waals surface area contributed by atoms with Crippen molar-refractivity contribution < 1.29 is 0 Å². The van der Waals surface area contributed by atoms with Gasteiger partial charge in [0.05, 0.1) is 10.9 Å². The number of nitrogens with zero attached hydrogens (tertiary/aromatic N) is 4. The van der Waals surface area contributed by atoms with Gasteiger partial charge in [-0.3, -0.25) is 4.79 Å². The molecule has 7 nitrogen and oxygen atoms in total. The van der Waals surface area contributed by atoms with Crippen molar-refractivity contribution in [3.8, 4) is 0 Å². The van der Waals surface area contributed by atoms with E-state index < -0.39 is 0 Å². The number of fused-ring (bicyclic) bond motifs is 4. The number of aliphatic imine (C=N–C) groups is 1. The second-order valence-corrected chi connectivity index (χ2v) is 7.59. The average Bonchev–Trinajstić information content (AvgIpc) is 3.53. The highest BCUT2D eigenvalue weighted by Crippen LogP contribution is 2.34. The number of amidine groups is 1. The number of para-hydroxylation sites is 1. The Bertz CT molecular complexity index is 1220. The number of aryl methyl sites for hydroxylation is 1. The molecule has 0 atom stereocenters. The monoisotopic (exact) mass is 374 g/mol. The van der Waals surface area contributed by atoms with Crippen molar-refractivity contribution >= 4 is 28.3 Å². The van der Waals surface area contributed by atoms with E-state index >= 15 is 0 Å². The molecule has 2 heterocycles. The molecule has 142 valence electrons. The lowest BCUT2D eigenvalue weighted by molar-refractivity contribution is 0.651. The van der Waals surface area contributed by atoms with Crippen molar-refractivity contribution in [1.29, 1.82) is 0 Å². The molecule has 7 heteroatoms. The summed E-state index contributed by atoms with van der Waals surface area (Å²) in [6, 6.07) is 7.36. The second-order valence-electron chi connectivity index (χ2n) is 7.59. The Labute approximate surface area is 161 Å². The van der Waals surface area contributed by atoms with Crippen molar-refractivity contribution in [3.05, 3.63) is 57.6 Å². The highest BCUT2D eigenvalue weighted by molar-refractivity contribution is 5.94. The van der Waals surface area contributed by atoms with Gasteiger partial charge in [-0.2, -0.15) is 4.98 Å². The van der Waals surface area contributed by atoms with Gasteiger partial charge in [0.2, 0.25) is 5.78 Å². The summed E-state index contributed by atoms with van der Waals surface area (Å²) in [6.07, 6.45) is 7.65. The molecule has 0 amide bonds. The Balaban J connectivity index is 1.75. The molecule has 0 aliphatic heterocycles. The van der Waals surface area contributed by atoms with Crippen LogP contribution in [0.15, 0.2) is 45.8 Å². The molecule has 0 radical (unpaired) electrons. The van der Waals surface area contributed by atoms with E-state index in [0.29, 0.717) is 34.3 Å². The van der Waals surface area contributed by atoms with Crippen LogP contribution in [0.3, 0.4) is 0 Å². The van der Waals surface area contributed by atoms with E-state index in [1.165, 1.54) is 0 Å². The van der Waals surface area contributed by atoms with Crippen LogP contribution in [0.4, 0.5) is 5.82 Å². The highest BCUT2D eigenvalue weighted by atomic mass is 16.1. The van der Waals surface area contributed by atoms with Gasteiger partial charge in [0.1, 0.15) is 5.84 Å². The molecule has 4 N–H and O–H groups in total. The summed E-state index contributed by atoms with van der Waals surface area (Å²) < 4.78 is 1.65. The Morgan fingerprint density at radius 3 is 2.75 bits per heavy atom. The lowest BCUT2D eigenvalue weighted by atomic mass is 9.96. The molecule has 0 bridgehead atoms. The molecule has 2 aliphatic rings. The van der Waals surface area contributed by atoms with E-state index in [1.54, 1.807) is 10.5 Å². The SMILES string of the molecule is NC(=CC(N)=Nc1nc2nc3ccccc3c(=O)n2c2c1CCCC2)C1CC1. The topological polar surface area (TPSA) is 112 Å². The number of aromatic nitrogens is 3. The van der Waals surface area contributed by atoms with Crippen LogP contribution in [0.2, 0.25) is 0 Å². The largest absolute Gasteiger partial charge is 0.402 e. The van der Waals surface area contributed by atoms with Gasteiger partial charge in [0.25, 0.3) is 5.56 Å². The lowest BCUT2D eigenvalue weighted by Gasteiger charge is -2.20. The van der Waals surface area contributed by atoms with Gasteiger partial charge in [-0.15, -0.1) is 0 Å². The summed E-state index contributed by atoms with van der Waals surface area (Å²) >= 11 is 0. The molecular formula is C21H22N6O. The van der Waals surface area contributed by atoms with E-state index in [4.69, 9.17) is 11.5 Å². The summed E-state index contributed by atoms with van der Waals surface area (Å²) in [5.74, 6) is 1.69. The van der Waals surface area contributed by atoms with Crippen molar-refractivity contribution in [2.24, 2.45) is 22.4 Å². The van der Waals surface area contributed by atoms with Crippen LogP contribution < -0.4 is 17.0 Å². The minimum absolute atomic E-state index is 0.0763. The first-order chi connectivity index (χ1) is 13.6. The minimum atomic E-state index is -0.0763. The summed E-state index contributed by atoms with van der Waals surface area (Å²) in [4.78, 5) is 26.9. The maximum atomic E-state index is 13.1.